The van der Waals surface area contributed by atoms with Crippen LogP contribution in [0.15, 0.2) is 22.6 Å². The van der Waals surface area contributed by atoms with E-state index in [1.165, 1.54) is 0 Å². The second-order valence-electron chi connectivity index (χ2n) is 6.12. The zero-order valence-corrected chi connectivity index (χ0v) is 13.7. The monoisotopic (exact) mass is 330 g/mol. The molecule has 0 spiro atoms. The first-order valence-electron chi connectivity index (χ1n) is 7.89. The molecule has 0 aliphatic heterocycles. The van der Waals surface area contributed by atoms with E-state index in [0.717, 1.165) is 23.1 Å². The Labute approximate surface area is 140 Å². The van der Waals surface area contributed by atoms with E-state index < -0.39 is 11.6 Å². The molecule has 1 amide bonds. The van der Waals surface area contributed by atoms with Crippen LogP contribution in [0.25, 0.3) is 11.1 Å². The molecule has 0 fully saturated rings. The van der Waals surface area contributed by atoms with Gasteiger partial charge in [0, 0.05) is 12.8 Å². The number of amides is 1. The SMILES string of the molecule is C#CCCCc1nc2cc(CC[C@](C)(CO)NC(=O)O)ccc2o1. The number of nitrogens with one attached hydrogen (secondary N) is 1. The third-order valence-electron chi connectivity index (χ3n) is 3.93. The van der Waals surface area contributed by atoms with Crippen LogP contribution in [-0.4, -0.2) is 33.4 Å². The molecule has 24 heavy (non-hydrogen) atoms. The Morgan fingerprint density at radius 1 is 1.46 bits per heavy atom. The van der Waals surface area contributed by atoms with Gasteiger partial charge in [-0.15, -0.1) is 12.3 Å². The summed E-state index contributed by atoms with van der Waals surface area (Å²) in [5.74, 6) is 3.26. The molecule has 128 valence electrons. The van der Waals surface area contributed by atoms with E-state index in [1.54, 1.807) is 6.92 Å². The molecule has 0 radical (unpaired) electrons. The standard InChI is InChI=1S/C18H22N2O4/c1-3-4-5-6-16-19-14-11-13(7-8-15(14)24-16)9-10-18(2,12-21)20-17(22)23/h1,7-8,11,20-21H,4-6,9-10,12H2,2H3,(H,22,23)/t18-/m1/s1. The Bertz CT molecular complexity index is 747. The predicted molar refractivity (Wildman–Crippen MR) is 90.8 cm³/mol. The van der Waals surface area contributed by atoms with Gasteiger partial charge in [-0.3, -0.25) is 0 Å². The summed E-state index contributed by atoms with van der Waals surface area (Å²) >= 11 is 0. The first-order chi connectivity index (χ1) is 11.5. The van der Waals surface area contributed by atoms with Gasteiger partial charge < -0.3 is 19.9 Å². The minimum absolute atomic E-state index is 0.259. The van der Waals surface area contributed by atoms with Crippen LogP contribution >= 0.6 is 0 Å². The van der Waals surface area contributed by atoms with Crippen molar-refractivity contribution in [3.8, 4) is 12.3 Å². The molecule has 1 aromatic carbocycles. The van der Waals surface area contributed by atoms with Gasteiger partial charge in [-0.1, -0.05) is 6.07 Å². The number of terminal acetylenes is 1. The van der Waals surface area contributed by atoms with Gasteiger partial charge in [-0.05, 0) is 43.9 Å². The number of benzene rings is 1. The van der Waals surface area contributed by atoms with Gasteiger partial charge in [0.2, 0.25) is 0 Å². The fourth-order valence-electron chi connectivity index (χ4n) is 2.48. The lowest BCUT2D eigenvalue weighted by Crippen LogP contribution is -2.48. The number of aryl methyl sites for hydroxylation is 2. The number of nitrogens with zero attached hydrogens (tertiary/aromatic N) is 1. The summed E-state index contributed by atoms with van der Waals surface area (Å²) in [6.45, 7) is 1.42. The molecule has 1 heterocycles. The molecule has 2 aromatic rings. The van der Waals surface area contributed by atoms with Crippen molar-refractivity contribution < 1.29 is 19.4 Å². The summed E-state index contributed by atoms with van der Waals surface area (Å²) in [5.41, 5.74) is 1.64. The average molecular weight is 330 g/mol. The first-order valence-corrected chi connectivity index (χ1v) is 7.89. The molecule has 2 rings (SSSR count). The molecule has 1 aromatic heterocycles. The van der Waals surface area contributed by atoms with Crippen LogP contribution in [0.2, 0.25) is 0 Å². The van der Waals surface area contributed by atoms with E-state index in [1.807, 2.05) is 18.2 Å². The van der Waals surface area contributed by atoms with Crippen molar-refractivity contribution in [3.05, 3.63) is 29.7 Å². The molecule has 0 aliphatic carbocycles. The van der Waals surface area contributed by atoms with Crippen molar-refractivity contribution in [2.24, 2.45) is 0 Å². The average Bonchev–Trinajstić information content (AvgIpc) is 2.94. The molecule has 0 saturated carbocycles. The molecular weight excluding hydrogens is 308 g/mol. The smallest absolute Gasteiger partial charge is 0.405 e. The summed E-state index contributed by atoms with van der Waals surface area (Å²) in [5, 5.41) is 20.6. The molecule has 1 atom stereocenters. The van der Waals surface area contributed by atoms with Gasteiger partial charge in [-0.25, -0.2) is 9.78 Å². The second kappa shape index (κ2) is 7.84. The van der Waals surface area contributed by atoms with Crippen molar-refractivity contribution in [2.75, 3.05) is 6.61 Å². The van der Waals surface area contributed by atoms with Crippen LogP contribution in [0.4, 0.5) is 4.79 Å². The zero-order valence-electron chi connectivity index (χ0n) is 13.7. The minimum atomic E-state index is -1.14. The van der Waals surface area contributed by atoms with Gasteiger partial charge in [0.15, 0.2) is 11.5 Å². The van der Waals surface area contributed by atoms with E-state index in [-0.39, 0.29) is 6.61 Å². The second-order valence-corrected chi connectivity index (χ2v) is 6.12. The highest BCUT2D eigenvalue weighted by Crippen LogP contribution is 2.21. The van der Waals surface area contributed by atoms with Gasteiger partial charge in [0.05, 0.1) is 12.1 Å². The number of fused-ring (bicyclic) bond motifs is 1. The van der Waals surface area contributed by atoms with Gasteiger partial charge in [0.1, 0.15) is 5.52 Å². The highest BCUT2D eigenvalue weighted by atomic mass is 16.4. The van der Waals surface area contributed by atoms with E-state index in [0.29, 0.717) is 31.6 Å². The quantitative estimate of drug-likeness (QED) is 0.511. The predicted octanol–water partition coefficient (Wildman–Crippen LogP) is 2.73. The van der Waals surface area contributed by atoms with Crippen molar-refractivity contribution >= 4 is 17.2 Å². The normalized spacial score (nSPS) is 13.4. The minimum Gasteiger partial charge on any atom is -0.465 e. The highest BCUT2D eigenvalue weighted by Gasteiger charge is 2.25. The summed E-state index contributed by atoms with van der Waals surface area (Å²) in [4.78, 5) is 15.3. The lowest BCUT2D eigenvalue weighted by molar-refractivity contribution is 0.141. The van der Waals surface area contributed by atoms with Gasteiger partial charge in [0.25, 0.3) is 0 Å². The lowest BCUT2D eigenvalue weighted by atomic mass is 9.94. The molecule has 3 N–H and O–H groups in total. The molecule has 6 heteroatoms. The van der Waals surface area contributed by atoms with Crippen LogP contribution in [-0.2, 0) is 12.8 Å². The number of oxazole rings is 1. The van der Waals surface area contributed by atoms with Crippen LogP contribution in [0.1, 0.15) is 37.6 Å². The molecule has 0 aliphatic rings. The number of carbonyl (C=O) groups is 1. The summed E-state index contributed by atoms with van der Waals surface area (Å²) < 4.78 is 5.68. The van der Waals surface area contributed by atoms with Gasteiger partial charge >= 0.3 is 6.09 Å². The van der Waals surface area contributed by atoms with E-state index >= 15 is 0 Å². The Morgan fingerprint density at radius 3 is 2.92 bits per heavy atom. The number of aromatic nitrogens is 1. The maximum atomic E-state index is 10.8. The molecule has 0 unspecified atom stereocenters. The van der Waals surface area contributed by atoms with Crippen molar-refractivity contribution in [1.29, 1.82) is 0 Å². The fourth-order valence-corrected chi connectivity index (χ4v) is 2.48. The Morgan fingerprint density at radius 2 is 2.25 bits per heavy atom. The summed E-state index contributed by atoms with van der Waals surface area (Å²) in [6.07, 6.45) is 7.43. The third kappa shape index (κ3) is 4.74. The lowest BCUT2D eigenvalue weighted by Gasteiger charge is -2.27. The van der Waals surface area contributed by atoms with E-state index in [9.17, 15) is 9.90 Å². The van der Waals surface area contributed by atoms with Crippen LogP contribution in [0.3, 0.4) is 0 Å². The molecule has 0 bridgehead atoms. The maximum Gasteiger partial charge on any atom is 0.405 e. The summed E-state index contributed by atoms with van der Waals surface area (Å²) in [7, 11) is 0. The van der Waals surface area contributed by atoms with Crippen LogP contribution in [0, 0.1) is 12.3 Å². The number of aliphatic hydroxyl groups excluding tert-OH is 1. The fraction of sp³-hybridized carbons (Fsp3) is 0.444. The number of carboxylic acid groups (broad SMARTS) is 1. The topological polar surface area (TPSA) is 95.6 Å². The zero-order chi connectivity index (χ0) is 17.6. The Kier molecular flexibility index (Phi) is 5.83. The van der Waals surface area contributed by atoms with Crippen LogP contribution < -0.4 is 5.32 Å². The maximum absolute atomic E-state index is 10.8. The highest BCUT2D eigenvalue weighted by molar-refractivity contribution is 5.73. The van der Waals surface area contributed by atoms with Crippen molar-refractivity contribution in [2.45, 2.75) is 44.6 Å². The van der Waals surface area contributed by atoms with Crippen molar-refractivity contribution in [3.63, 3.8) is 0 Å². The summed E-state index contributed by atoms with van der Waals surface area (Å²) in [6, 6.07) is 5.72. The van der Waals surface area contributed by atoms with Crippen molar-refractivity contribution in [1.82, 2.24) is 10.3 Å². The first kappa shape index (κ1) is 17.8. The van der Waals surface area contributed by atoms with Gasteiger partial charge in [-0.2, -0.15) is 0 Å². The number of unbranched alkanes of at least 4 members (excludes halogenated alkanes) is 1. The largest absolute Gasteiger partial charge is 0.465 e. The molecule has 6 nitrogen and oxygen atoms in total. The molecule has 0 saturated heterocycles. The number of hydrogen-bond acceptors (Lipinski definition) is 4. The van der Waals surface area contributed by atoms with E-state index in [4.69, 9.17) is 15.9 Å². The Balaban J connectivity index is 2.04. The number of rotatable bonds is 8. The molecular formula is C18H22N2O4. The van der Waals surface area contributed by atoms with Crippen LogP contribution in [0.5, 0.6) is 0 Å². The number of hydrogen-bond donors (Lipinski definition) is 3. The van der Waals surface area contributed by atoms with E-state index in [2.05, 4.69) is 16.2 Å². The Hall–Kier alpha value is -2.52. The third-order valence-corrected chi connectivity index (χ3v) is 3.93. The number of aliphatic hydroxyl groups is 1.